The number of hydrogen-bond donors (Lipinski definition) is 1. The number of aliphatic carboxylic acids is 1. The summed E-state index contributed by atoms with van der Waals surface area (Å²) in [6, 6.07) is 5.70. The summed E-state index contributed by atoms with van der Waals surface area (Å²) in [7, 11) is 0. The van der Waals surface area contributed by atoms with Crippen LogP contribution >= 0.6 is 0 Å². The molecule has 25 heavy (non-hydrogen) atoms. The maximum Gasteiger partial charge on any atom is 0.323 e. The summed E-state index contributed by atoms with van der Waals surface area (Å²) < 4.78 is 0. The number of carbonyl (C=O) groups is 3. The van der Waals surface area contributed by atoms with Gasteiger partial charge in [0, 0.05) is 19.4 Å². The van der Waals surface area contributed by atoms with Gasteiger partial charge in [-0.1, -0.05) is 19.1 Å². The Kier molecular flexibility index (Phi) is 5.90. The third-order valence-electron chi connectivity index (χ3n) is 3.98. The zero-order chi connectivity index (χ0) is 18.6. The molecule has 0 saturated carbocycles. The predicted octanol–water partition coefficient (Wildman–Crippen LogP) is 2.11. The molecular weight excluding hydrogens is 322 g/mol. The minimum atomic E-state index is -1.07. The Bertz CT molecular complexity index is 727. The minimum absolute atomic E-state index is 0.172. The Balaban J connectivity index is 2.34. The summed E-state index contributed by atoms with van der Waals surface area (Å²) in [5.74, 6) is -1.67. The van der Waals surface area contributed by atoms with Gasteiger partial charge in [0.2, 0.25) is 5.91 Å². The molecule has 0 bridgehead atoms. The van der Waals surface area contributed by atoms with E-state index in [1.807, 2.05) is 39.0 Å². The lowest BCUT2D eigenvalue weighted by Crippen LogP contribution is -2.44. The Morgan fingerprint density at radius 1 is 1.28 bits per heavy atom. The van der Waals surface area contributed by atoms with Crippen molar-refractivity contribution in [3.05, 3.63) is 29.3 Å². The van der Waals surface area contributed by atoms with E-state index in [0.717, 1.165) is 11.1 Å². The maximum absolute atomic E-state index is 12.7. The van der Waals surface area contributed by atoms with Gasteiger partial charge >= 0.3 is 5.97 Å². The van der Waals surface area contributed by atoms with Gasteiger partial charge in [0.25, 0.3) is 5.91 Å². The van der Waals surface area contributed by atoms with Crippen LogP contribution in [0.4, 0.5) is 5.69 Å². The van der Waals surface area contributed by atoms with E-state index >= 15 is 0 Å². The van der Waals surface area contributed by atoms with Crippen molar-refractivity contribution in [1.82, 2.24) is 4.90 Å². The van der Waals surface area contributed by atoms with Gasteiger partial charge in [-0.05, 0) is 37.5 Å². The molecular formula is C18H23N3O4. The maximum atomic E-state index is 12.7. The number of hydrogen-bond acceptors (Lipinski definition) is 4. The molecule has 0 radical (unpaired) electrons. The number of benzene rings is 1. The molecule has 0 atom stereocenters. The zero-order valence-electron chi connectivity index (χ0n) is 14.8. The first-order chi connectivity index (χ1) is 11.8. The summed E-state index contributed by atoms with van der Waals surface area (Å²) in [5.41, 5.74) is 2.73. The number of anilines is 1. The molecule has 1 heterocycles. The molecule has 7 heteroatoms. The summed E-state index contributed by atoms with van der Waals surface area (Å²) in [6.07, 6.45) is 1.04. The van der Waals surface area contributed by atoms with Crippen LogP contribution in [0.25, 0.3) is 0 Å². The fourth-order valence-electron chi connectivity index (χ4n) is 2.71. The third-order valence-corrected chi connectivity index (χ3v) is 3.98. The minimum Gasteiger partial charge on any atom is -0.480 e. The Hall–Kier alpha value is -2.70. The second-order valence-corrected chi connectivity index (χ2v) is 6.16. The number of rotatable bonds is 6. The number of aryl methyl sites for hydroxylation is 2. The van der Waals surface area contributed by atoms with Gasteiger partial charge in [0.1, 0.15) is 12.3 Å². The van der Waals surface area contributed by atoms with Crippen molar-refractivity contribution >= 4 is 29.2 Å². The number of carboxylic acids is 1. The van der Waals surface area contributed by atoms with E-state index in [1.165, 1.54) is 9.91 Å². The van der Waals surface area contributed by atoms with Crippen molar-refractivity contribution in [2.45, 2.75) is 40.0 Å². The molecule has 0 spiro atoms. The largest absolute Gasteiger partial charge is 0.480 e. The average Bonchev–Trinajstić information content (AvgIpc) is 2.56. The van der Waals surface area contributed by atoms with E-state index in [-0.39, 0.29) is 31.0 Å². The van der Waals surface area contributed by atoms with Gasteiger partial charge in [-0.15, -0.1) is 0 Å². The van der Waals surface area contributed by atoms with Crippen LogP contribution < -0.4 is 5.01 Å². The van der Waals surface area contributed by atoms with Crippen LogP contribution in [0.3, 0.4) is 0 Å². The Labute approximate surface area is 146 Å². The number of carboxylic acid groups (broad SMARTS) is 1. The molecule has 134 valence electrons. The highest BCUT2D eigenvalue weighted by Crippen LogP contribution is 2.25. The number of hydrazone groups is 1. The van der Waals surface area contributed by atoms with Crippen LogP contribution in [0, 0.1) is 13.8 Å². The van der Waals surface area contributed by atoms with Crippen LogP contribution in [-0.4, -0.2) is 46.6 Å². The Morgan fingerprint density at radius 3 is 2.64 bits per heavy atom. The van der Waals surface area contributed by atoms with Gasteiger partial charge in [0.05, 0.1) is 5.69 Å². The smallest absolute Gasteiger partial charge is 0.323 e. The third kappa shape index (κ3) is 4.43. The second kappa shape index (κ2) is 7.92. The van der Waals surface area contributed by atoms with E-state index in [1.54, 1.807) is 0 Å². The van der Waals surface area contributed by atoms with Crippen LogP contribution in [0.2, 0.25) is 0 Å². The number of amides is 2. The van der Waals surface area contributed by atoms with E-state index in [9.17, 15) is 14.4 Å². The molecule has 0 fully saturated rings. The zero-order valence-corrected chi connectivity index (χ0v) is 14.8. The van der Waals surface area contributed by atoms with E-state index in [4.69, 9.17) is 5.11 Å². The van der Waals surface area contributed by atoms with Crippen LogP contribution in [0.1, 0.15) is 37.3 Å². The molecule has 1 N–H and O–H groups in total. The molecule has 7 nitrogen and oxygen atoms in total. The topological polar surface area (TPSA) is 90.3 Å². The molecule has 0 unspecified atom stereocenters. The fourth-order valence-corrected chi connectivity index (χ4v) is 2.71. The van der Waals surface area contributed by atoms with Crippen molar-refractivity contribution in [3.63, 3.8) is 0 Å². The molecule has 0 saturated heterocycles. The molecule has 2 rings (SSSR count). The van der Waals surface area contributed by atoms with Gasteiger partial charge in [-0.3, -0.25) is 14.4 Å². The van der Waals surface area contributed by atoms with Crippen LogP contribution in [-0.2, 0) is 14.4 Å². The monoisotopic (exact) mass is 345 g/mol. The molecule has 1 aromatic carbocycles. The fraction of sp³-hybridized carbons (Fsp3) is 0.444. The van der Waals surface area contributed by atoms with Gasteiger partial charge in [-0.25, -0.2) is 5.01 Å². The normalized spacial score (nSPS) is 14.3. The van der Waals surface area contributed by atoms with Crippen molar-refractivity contribution in [2.24, 2.45) is 5.10 Å². The predicted molar refractivity (Wildman–Crippen MR) is 94.6 cm³/mol. The highest BCUT2D eigenvalue weighted by atomic mass is 16.4. The van der Waals surface area contributed by atoms with Gasteiger partial charge in [0.15, 0.2) is 0 Å². The molecule has 2 amide bonds. The SMILES string of the molecule is CCCN(CC(=O)O)C(=O)C1=NN(c2cc(C)ccc2C)C(=O)CC1. The van der Waals surface area contributed by atoms with E-state index in [0.29, 0.717) is 18.7 Å². The van der Waals surface area contributed by atoms with E-state index < -0.39 is 11.9 Å². The first kappa shape index (κ1) is 18.6. The summed E-state index contributed by atoms with van der Waals surface area (Å²) >= 11 is 0. The van der Waals surface area contributed by atoms with Crippen molar-refractivity contribution < 1.29 is 19.5 Å². The van der Waals surface area contributed by atoms with Crippen molar-refractivity contribution in [1.29, 1.82) is 0 Å². The molecule has 1 aliphatic heterocycles. The number of carbonyl (C=O) groups excluding carboxylic acids is 2. The Morgan fingerprint density at radius 2 is 2.00 bits per heavy atom. The van der Waals surface area contributed by atoms with Crippen LogP contribution in [0.15, 0.2) is 23.3 Å². The van der Waals surface area contributed by atoms with Crippen LogP contribution in [0.5, 0.6) is 0 Å². The summed E-state index contributed by atoms with van der Waals surface area (Å²) in [4.78, 5) is 37.2. The van der Waals surface area contributed by atoms with Gasteiger partial charge < -0.3 is 10.0 Å². The molecule has 1 aromatic rings. The summed E-state index contributed by atoms with van der Waals surface area (Å²) in [6.45, 7) is 5.63. The molecule has 1 aliphatic rings. The molecule has 0 aliphatic carbocycles. The highest BCUT2D eigenvalue weighted by molar-refractivity contribution is 6.40. The number of nitrogens with zero attached hydrogens (tertiary/aromatic N) is 3. The quantitative estimate of drug-likeness (QED) is 0.855. The van der Waals surface area contributed by atoms with Gasteiger partial charge in [-0.2, -0.15) is 5.10 Å². The highest BCUT2D eigenvalue weighted by Gasteiger charge is 2.29. The van der Waals surface area contributed by atoms with Crippen molar-refractivity contribution in [2.75, 3.05) is 18.1 Å². The summed E-state index contributed by atoms with van der Waals surface area (Å²) in [5, 5.41) is 14.5. The first-order valence-corrected chi connectivity index (χ1v) is 8.32. The average molecular weight is 345 g/mol. The lowest BCUT2D eigenvalue weighted by molar-refractivity contribution is -0.142. The lowest BCUT2D eigenvalue weighted by Gasteiger charge is -2.27. The second-order valence-electron chi connectivity index (χ2n) is 6.16. The lowest BCUT2D eigenvalue weighted by atomic mass is 10.1. The van der Waals surface area contributed by atoms with Crippen molar-refractivity contribution in [3.8, 4) is 0 Å². The first-order valence-electron chi connectivity index (χ1n) is 8.32. The van der Waals surface area contributed by atoms with E-state index in [2.05, 4.69) is 5.10 Å². The standard InChI is InChI=1S/C18H23N3O4/c1-4-9-20(11-17(23)24)18(25)14-7-8-16(22)21(19-14)15-10-12(2)5-6-13(15)3/h5-6,10H,4,7-9,11H2,1-3H3,(H,23,24). The molecule has 0 aromatic heterocycles.